The molecule has 0 aliphatic heterocycles. The Morgan fingerprint density at radius 1 is 1.32 bits per heavy atom. The first-order chi connectivity index (χ1) is 10.5. The molecule has 0 aliphatic rings. The molecule has 118 valence electrons. The summed E-state index contributed by atoms with van der Waals surface area (Å²) >= 11 is 0. The van der Waals surface area contributed by atoms with Gasteiger partial charge in [0.15, 0.2) is 11.6 Å². The molecule has 7 heteroatoms. The van der Waals surface area contributed by atoms with Crippen LogP contribution in [0, 0.1) is 11.6 Å². The van der Waals surface area contributed by atoms with E-state index in [0.717, 1.165) is 31.0 Å². The van der Waals surface area contributed by atoms with Gasteiger partial charge in [-0.25, -0.2) is 8.78 Å². The molecule has 0 saturated carbocycles. The Kier molecular flexibility index (Phi) is 5.21. The number of hydrogen-bond donors (Lipinski definition) is 2. The SMILES string of the molecule is CCCCNCc1nn(-c2c(F)cccc2F)c(=O)cc1O. The molecular formula is C15H17F2N3O2. The fourth-order valence-electron chi connectivity index (χ4n) is 1.97. The van der Waals surface area contributed by atoms with Crippen molar-refractivity contribution in [3.63, 3.8) is 0 Å². The predicted octanol–water partition coefficient (Wildman–Crippen LogP) is 2.11. The van der Waals surface area contributed by atoms with Gasteiger partial charge in [-0.1, -0.05) is 19.4 Å². The summed E-state index contributed by atoms with van der Waals surface area (Å²) in [7, 11) is 0. The van der Waals surface area contributed by atoms with Gasteiger partial charge in [0, 0.05) is 12.6 Å². The minimum atomic E-state index is -0.898. The molecule has 0 spiro atoms. The highest BCUT2D eigenvalue weighted by molar-refractivity contribution is 5.35. The molecule has 2 N–H and O–H groups in total. The molecule has 0 aliphatic carbocycles. The minimum Gasteiger partial charge on any atom is -0.506 e. The number of aromatic nitrogens is 2. The van der Waals surface area contributed by atoms with Gasteiger partial charge in [0.25, 0.3) is 5.56 Å². The zero-order valence-electron chi connectivity index (χ0n) is 12.1. The number of unbranched alkanes of at least 4 members (excludes halogenated alkanes) is 1. The second kappa shape index (κ2) is 7.13. The quantitative estimate of drug-likeness (QED) is 0.802. The molecule has 5 nitrogen and oxygen atoms in total. The van der Waals surface area contributed by atoms with Crippen molar-refractivity contribution in [2.75, 3.05) is 6.54 Å². The van der Waals surface area contributed by atoms with Gasteiger partial charge in [-0.3, -0.25) is 4.79 Å². The molecule has 1 heterocycles. The predicted molar refractivity (Wildman–Crippen MR) is 78.0 cm³/mol. The highest BCUT2D eigenvalue weighted by Gasteiger charge is 2.16. The second-order valence-electron chi connectivity index (χ2n) is 4.83. The van der Waals surface area contributed by atoms with E-state index in [4.69, 9.17) is 0 Å². The maximum Gasteiger partial charge on any atom is 0.275 e. The van der Waals surface area contributed by atoms with E-state index < -0.39 is 22.9 Å². The fraction of sp³-hybridized carbons (Fsp3) is 0.333. The van der Waals surface area contributed by atoms with Crippen LogP contribution in [0.1, 0.15) is 25.5 Å². The molecule has 0 radical (unpaired) electrons. The van der Waals surface area contributed by atoms with Crippen molar-refractivity contribution in [3.8, 4) is 11.4 Å². The lowest BCUT2D eigenvalue weighted by molar-refractivity contribution is 0.448. The van der Waals surface area contributed by atoms with Crippen LogP contribution < -0.4 is 10.9 Å². The summed E-state index contributed by atoms with van der Waals surface area (Å²) in [6.07, 6.45) is 1.95. The van der Waals surface area contributed by atoms with Gasteiger partial charge in [0.05, 0.1) is 0 Å². The minimum absolute atomic E-state index is 0.151. The largest absolute Gasteiger partial charge is 0.506 e. The van der Waals surface area contributed by atoms with Crippen LogP contribution in [0.3, 0.4) is 0 Å². The third-order valence-electron chi connectivity index (χ3n) is 3.13. The van der Waals surface area contributed by atoms with E-state index in [2.05, 4.69) is 10.4 Å². The van der Waals surface area contributed by atoms with Crippen molar-refractivity contribution in [1.29, 1.82) is 0 Å². The van der Waals surface area contributed by atoms with Gasteiger partial charge in [-0.15, -0.1) is 0 Å². The van der Waals surface area contributed by atoms with Crippen LogP contribution in [-0.4, -0.2) is 21.4 Å². The van der Waals surface area contributed by atoms with E-state index in [9.17, 15) is 18.7 Å². The Balaban J connectivity index is 2.38. The molecule has 0 unspecified atom stereocenters. The number of aromatic hydroxyl groups is 1. The number of para-hydroxylation sites is 1. The maximum atomic E-state index is 13.8. The highest BCUT2D eigenvalue weighted by atomic mass is 19.1. The van der Waals surface area contributed by atoms with E-state index in [1.54, 1.807) is 0 Å². The monoisotopic (exact) mass is 309 g/mol. The first-order valence-electron chi connectivity index (χ1n) is 7.02. The molecule has 2 aromatic rings. The molecule has 0 bridgehead atoms. The Morgan fingerprint density at radius 3 is 2.64 bits per heavy atom. The van der Waals surface area contributed by atoms with E-state index in [0.29, 0.717) is 11.2 Å². The lowest BCUT2D eigenvalue weighted by Crippen LogP contribution is -2.25. The number of halogens is 2. The van der Waals surface area contributed by atoms with Crippen molar-refractivity contribution in [2.45, 2.75) is 26.3 Å². The van der Waals surface area contributed by atoms with Gasteiger partial charge in [0.1, 0.15) is 17.1 Å². The Labute approximate surface area is 126 Å². The molecule has 1 aromatic heterocycles. The molecule has 0 saturated heterocycles. The van der Waals surface area contributed by atoms with E-state index in [-0.39, 0.29) is 18.0 Å². The maximum absolute atomic E-state index is 13.8. The van der Waals surface area contributed by atoms with Crippen molar-refractivity contribution < 1.29 is 13.9 Å². The third-order valence-corrected chi connectivity index (χ3v) is 3.13. The summed E-state index contributed by atoms with van der Waals surface area (Å²) in [5.41, 5.74) is -1.21. The molecular weight excluding hydrogens is 292 g/mol. The lowest BCUT2D eigenvalue weighted by Gasteiger charge is -2.11. The van der Waals surface area contributed by atoms with E-state index in [1.165, 1.54) is 6.07 Å². The molecule has 0 fully saturated rings. The smallest absolute Gasteiger partial charge is 0.275 e. The molecule has 0 atom stereocenters. The van der Waals surface area contributed by atoms with Crippen LogP contribution in [-0.2, 0) is 6.54 Å². The zero-order chi connectivity index (χ0) is 16.1. The van der Waals surface area contributed by atoms with Crippen LogP contribution in [0.4, 0.5) is 8.78 Å². The van der Waals surface area contributed by atoms with Gasteiger partial charge in [-0.2, -0.15) is 9.78 Å². The van der Waals surface area contributed by atoms with Gasteiger partial charge < -0.3 is 10.4 Å². The average Bonchev–Trinajstić information content (AvgIpc) is 2.47. The van der Waals surface area contributed by atoms with Gasteiger partial charge in [0.2, 0.25) is 0 Å². The normalized spacial score (nSPS) is 10.9. The molecule has 22 heavy (non-hydrogen) atoms. The van der Waals surface area contributed by atoms with Crippen LogP contribution in [0.5, 0.6) is 5.75 Å². The molecule has 1 aromatic carbocycles. The average molecular weight is 309 g/mol. The lowest BCUT2D eigenvalue weighted by atomic mass is 10.3. The van der Waals surface area contributed by atoms with E-state index >= 15 is 0 Å². The Bertz CT molecular complexity index is 696. The van der Waals surface area contributed by atoms with Crippen LogP contribution >= 0.6 is 0 Å². The van der Waals surface area contributed by atoms with Crippen LogP contribution in [0.2, 0.25) is 0 Å². The third kappa shape index (κ3) is 3.48. The van der Waals surface area contributed by atoms with Crippen LogP contribution in [0.15, 0.2) is 29.1 Å². The molecule has 2 rings (SSSR count). The summed E-state index contributed by atoms with van der Waals surface area (Å²) in [5.74, 6) is -2.10. The number of nitrogens with one attached hydrogen (secondary N) is 1. The summed E-state index contributed by atoms with van der Waals surface area (Å²) in [4.78, 5) is 11.9. The number of nitrogens with zero attached hydrogens (tertiary/aromatic N) is 2. The number of rotatable bonds is 6. The summed E-state index contributed by atoms with van der Waals surface area (Å²) in [5, 5.41) is 16.7. The summed E-state index contributed by atoms with van der Waals surface area (Å²) in [6.45, 7) is 2.95. The first kappa shape index (κ1) is 16.1. The van der Waals surface area contributed by atoms with E-state index in [1.807, 2.05) is 6.92 Å². The van der Waals surface area contributed by atoms with Crippen molar-refractivity contribution in [1.82, 2.24) is 15.1 Å². The summed E-state index contributed by atoms with van der Waals surface area (Å²) < 4.78 is 28.2. The highest BCUT2D eigenvalue weighted by Crippen LogP contribution is 2.17. The van der Waals surface area contributed by atoms with Gasteiger partial charge >= 0.3 is 0 Å². The second-order valence-corrected chi connectivity index (χ2v) is 4.83. The number of hydrogen-bond acceptors (Lipinski definition) is 4. The van der Waals surface area contributed by atoms with Crippen molar-refractivity contribution >= 4 is 0 Å². The fourth-order valence-corrected chi connectivity index (χ4v) is 1.97. The number of benzene rings is 1. The first-order valence-corrected chi connectivity index (χ1v) is 7.02. The van der Waals surface area contributed by atoms with Crippen molar-refractivity contribution in [3.05, 3.63) is 51.9 Å². The zero-order valence-corrected chi connectivity index (χ0v) is 12.1. The summed E-state index contributed by atoms with van der Waals surface area (Å²) in [6, 6.07) is 4.18. The van der Waals surface area contributed by atoms with Crippen molar-refractivity contribution in [2.24, 2.45) is 0 Å². The van der Waals surface area contributed by atoms with Crippen LogP contribution in [0.25, 0.3) is 5.69 Å². The Morgan fingerprint density at radius 2 is 2.00 bits per heavy atom. The standard InChI is InChI=1S/C15H17F2N3O2/c1-2-3-7-18-9-12-13(21)8-14(22)20(19-12)15-10(16)5-4-6-11(15)17/h4-6,8,18,21H,2-3,7,9H2,1H3. The Hall–Kier alpha value is -2.28. The van der Waals surface area contributed by atoms with Gasteiger partial charge in [-0.05, 0) is 25.1 Å². The topological polar surface area (TPSA) is 67.2 Å². The molecule has 0 amide bonds.